The van der Waals surface area contributed by atoms with Crippen LogP contribution in [0.4, 0.5) is 0 Å². The van der Waals surface area contributed by atoms with Crippen LogP contribution in [0.15, 0.2) is 30.3 Å². The summed E-state index contributed by atoms with van der Waals surface area (Å²) >= 11 is 0. The summed E-state index contributed by atoms with van der Waals surface area (Å²) in [4.78, 5) is 4.67. The van der Waals surface area contributed by atoms with E-state index in [0.717, 1.165) is 31.9 Å². The van der Waals surface area contributed by atoms with E-state index in [9.17, 15) is 0 Å². The highest BCUT2D eigenvalue weighted by Crippen LogP contribution is 2.17. The molecule has 1 aromatic heterocycles. The number of aryl methyl sites for hydroxylation is 1. The third kappa shape index (κ3) is 1.98. The predicted octanol–water partition coefficient (Wildman–Crippen LogP) is 1.89. The largest absolute Gasteiger partial charge is 0.326 e. The van der Waals surface area contributed by atoms with Gasteiger partial charge in [0.2, 0.25) is 0 Å². The first kappa shape index (κ1) is 10.5. The van der Waals surface area contributed by atoms with Gasteiger partial charge in [-0.25, -0.2) is 4.98 Å². The van der Waals surface area contributed by atoms with Gasteiger partial charge in [-0.3, -0.25) is 0 Å². The second-order valence-electron chi connectivity index (χ2n) is 4.55. The van der Waals surface area contributed by atoms with Gasteiger partial charge in [-0.15, -0.1) is 0 Å². The van der Waals surface area contributed by atoms with Crippen LogP contribution in [-0.4, -0.2) is 16.1 Å². The SMILES string of the molecule is Cc1nc2c(n1Cc1ccccc1)CNCC2. The zero-order valence-corrected chi connectivity index (χ0v) is 10.1. The van der Waals surface area contributed by atoms with E-state index in [1.807, 2.05) is 0 Å². The molecule has 3 heteroatoms. The fourth-order valence-corrected chi connectivity index (χ4v) is 2.46. The van der Waals surface area contributed by atoms with Crippen molar-refractivity contribution in [3.05, 3.63) is 53.1 Å². The van der Waals surface area contributed by atoms with E-state index in [2.05, 4.69) is 52.1 Å². The topological polar surface area (TPSA) is 29.9 Å². The third-order valence-electron chi connectivity index (χ3n) is 3.36. The van der Waals surface area contributed by atoms with Crippen LogP contribution in [0.1, 0.15) is 22.8 Å². The number of imidazole rings is 1. The predicted molar refractivity (Wildman–Crippen MR) is 67.9 cm³/mol. The molecule has 0 atom stereocenters. The molecule has 0 radical (unpaired) electrons. The maximum absolute atomic E-state index is 4.67. The first-order valence-corrected chi connectivity index (χ1v) is 6.14. The van der Waals surface area contributed by atoms with Crippen LogP contribution in [0.2, 0.25) is 0 Å². The molecule has 0 saturated heterocycles. The molecule has 1 N–H and O–H groups in total. The molecule has 0 aliphatic carbocycles. The van der Waals surface area contributed by atoms with Crippen LogP contribution in [-0.2, 0) is 19.5 Å². The molecule has 0 fully saturated rings. The van der Waals surface area contributed by atoms with Gasteiger partial charge in [-0.1, -0.05) is 30.3 Å². The molecule has 1 aromatic carbocycles. The zero-order valence-electron chi connectivity index (χ0n) is 10.1. The molecule has 0 saturated carbocycles. The van der Waals surface area contributed by atoms with Crippen molar-refractivity contribution in [1.29, 1.82) is 0 Å². The highest BCUT2D eigenvalue weighted by Gasteiger charge is 2.17. The van der Waals surface area contributed by atoms with Crippen molar-refractivity contribution in [2.75, 3.05) is 6.54 Å². The molecule has 17 heavy (non-hydrogen) atoms. The average Bonchev–Trinajstić information content (AvgIpc) is 2.68. The Morgan fingerprint density at radius 2 is 2.12 bits per heavy atom. The van der Waals surface area contributed by atoms with Gasteiger partial charge in [0, 0.05) is 26.1 Å². The Hall–Kier alpha value is -1.61. The Balaban J connectivity index is 1.95. The number of fused-ring (bicyclic) bond motifs is 1. The molecular formula is C14H17N3. The minimum atomic E-state index is 0.927. The van der Waals surface area contributed by atoms with Gasteiger partial charge in [0.1, 0.15) is 5.82 Å². The Bertz CT molecular complexity index is 514. The lowest BCUT2D eigenvalue weighted by Gasteiger charge is -2.16. The molecule has 1 aliphatic heterocycles. The van der Waals surface area contributed by atoms with Crippen LogP contribution in [0.5, 0.6) is 0 Å². The molecule has 88 valence electrons. The summed E-state index contributed by atoms with van der Waals surface area (Å²) in [6, 6.07) is 10.6. The van der Waals surface area contributed by atoms with Crippen molar-refractivity contribution >= 4 is 0 Å². The van der Waals surface area contributed by atoms with Crippen molar-refractivity contribution in [2.24, 2.45) is 0 Å². The van der Waals surface area contributed by atoms with Gasteiger partial charge in [-0.05, 0) is 12.5 Å². The fraction of sp³-hybridized carbons (Fsp3) is 0.357. The van der Waals surface area contributed by atoms with Crippen LogP contribution in [0, 0.1) is 6.92 Å². The zero-order chi connectivity index (χ0) is 11.7. The summed E-state index contributed by atoms with van der Waals surface area (Å²) in [5.74, 6) is 1.13. The summed E-state index contributed by atoms with van der Waals surface area (Å²) in [5, 5.41) is 3.42. The average molecular weight is 227 g/mol. The Morgan fingerprint density at radius 3 is 2.94 bits per heavy atom. The Kier molecular flexibility index (Phi) is 2.69. The molecular weight excluding hydrogens is 210 g/mol. The summed E-state index contributed by atoms with van der Waals surface area (Å²) in [6.07, 6.45) is 1.05. The molecule has 0 unspecified atom stereocenters. The van der Waals surface area contributed by atoms with Crippen LogP contribution in [0.3, 0.4) is 0 Å². The van der Waals surface area contributed by atoms with E-state index in [0.29, 0.717) is 0 Å². The van der Waals surface area contributed by atoms with Gasteiger partial charge in [0.05, 0.1) is 11.4 Å². The quantitative estimate of drug-likeness (QED) is 0.849. The molecule has 0 spiro atoms. The fourth-order valence-electron chi connectivity index (χ4n) is 2.46. The Morgan fingerprint density at radius 1 is 1.29 bits per heavy atom. The number of hydrogen-bond acceptors (Lipinski definition) is 2. The standard InChI is InChI=1S/C14H17N3/c1-11-16-13-7-8-15-9-14(13)17(11)10-12-5-3-2-4-6-12/h2-6,15H,7-10H2,1H3. The minimum Gasteiger partial charge on any atom is -0.326 e. The van der Waals surface area contributed by atoms with E-state index >= 15 is 0 Å². The third-order valence-corrected chi connectivity index (χ3v) is 3.36. The lowest BCUT2D eigenvalue weighted by atomic mass is 10.1. The molecule has 0 bridgehead atoms. The normalized spacial score (nSPS) is 14.6. The molecule has 3 nitrogen and oxygen atoms in total. The number of benzene rings is 1. The molecule has 2 heterocycles. The number of aromatic nitrogens is 2. The lowest BCUT2D eigenvalue weighted by molar-refractivity contribution is 0.592. The number of nitrogens with zero attached hydrogens (tertiary/aromatic N) is 2. The van der Waals surface area contributed by atoms with Crippen molar-refractivity contribution < 1.29 is 0 Å². The van der Waals surface area contributed by atoms with Crippen molar-refractivity contribution in [3.63, 3.8) is 0 Å². The van der Waals surface area contributed by atoms with E-state index < -0.39 is 0 Å². The van der Waals surface area contributed by atoms with Crippen molar-refractivity contribution in [1.82, 2.24) is 14.9 Å². The highest BCUT2D eigenvalue weighted by atomic mass is 15.1. The Labute approximate surface area is 101 Å². The van der Waals surface area contributed by atoms with Crippen LogP contribution in [0.25, 0.3) is 0 Å². The first-order valence-electron chi connectivity index (χ1n) is 6.14. The minimum absolute atomic E-state index is 0.927. The molecule has 0 amide bonds. The summed E-state index contributed by atoms with van der Waals surface area (Å²) in [5.41, 5.74) is 3.97. The molecule has 1 aliphatic rings. The second kappa shape index (κ2) is 4.34. The number of nitrogens with one attached hydrogen (secondary N) is 1. The highest BCUT2D eigenvalue weighted by molar-refractivity contribution is 5.23. The van der Waals surface area contributed by atoms with Gasteiger partial charge in [0.15, 0.2) is 0 Å². The maximum Gasteiger partial charge on any atom is 0.106 e. The van der Waals surface area contributed by atoms with Crippen molar-refractivity contribution in [3.8, 4) is 0 Å². The van der Waals surface area contributed by atoms with Gasteiger partial charge in [-0.2, -0.15) is 0 Å². The summed E-state index contributed by atoms with van der Waals surface area (Å²) in [6.45, 7) is 5.02. The van der Waals surface area contributed by atoms with Crippen LogP contribution >= 0.6 is 0 Å². The van der Waals surface area contributed by atoms with E-state index in [-0.39, 0.29) is 0 Å². The second-order valence-corrected chi connectivity index (χ2v) is 4.55. The van der Waals surface area contributed by atoms with E-state index in [1.165, 1.54) is 17.0 Å². The molecule has 2 aromatic rings. The smallest absolute Gasteiger partial charge is 0.106 e. The number of hydrogen-bond donors (Lipinski definition) is 1. The maximum atomic E-state index is 4.67. The van der Waals surface area contributed by atoms with Crippen molar-refractivity contribution in [2.45, 2.75) is 26.4 Å². The monoisotopic (exact) mass is 227 g/mol. The van der Waals surface area contributed by atoms with Gasteiger partial charge in [0.25, 0.3) is 0 Å². The number of rotatable bonds is 2. The van der Waals surface area contributed by atoms with Gasteiger partial charge < -0.3 is 9.88 Å². The molecule has 3 rings (SSSR count). The van der Waals surface area contributed by atoms with E-state index in [1.54, 1.807) is 0 Å². The van der Waals surface area contributed by atoms with Gasteiger partial charge >= 0.3 is 0 Å². The summed E-state index contributed by atoms with van der Waals surface area (Å²) in [7, 11) is 0. The first-order chi connectivity index (χ1) is 8.34. The lowest BCUT2D eigenvalue weighted by Crippen LogP contribution is -2.25. The van der Waals surface area contributed by atoms with Crippen LogP contribution < -0.4 is 5.32 Å². The van der Waals surface area contributed by atoms with E-state index in [4.69, 9.17) is 0 Å². The summed E-state index contributed by atoms with van der Waals surface area (Å²) < 4.78 is 2.33.